The van der Waals surface area contributed by atoms with E-state index in [2.05, 4.69) is 60.4 Å². The fourth-order valence-electron chi connectivity index (χ4n) is 2.43. The molecule has 1 heterocycles. The van der Waals surface area contributed by atoms with Crippen LogP contribution in [0, 0.1) is 6.92 Å². The van der Waals surface area contributed by atoms with Crippen LogP contribution in [-0.2, 0) is 0 Å². The van der Waals surface area contributed by atoms with E-state index in [0.29, 0.717) is 5.88 Å². The van der Waals surface area contributed by atoms with Crippen LogP contribution in [-0.4, -0.2) is 12.1 Å². The summed E-state index contributed by atoms with van der Waals surface area (Å²) in [6, 6.07) is 22.7. The molecule has 2 aromatic carbocycles. The lowest BCUT2D eigenvalue weighted by atomic mass is 9.98. The number of benzene rings is 2. The van der Waals surface area contributed by atoms with Crippen LogP contribution in [0.15, 0.2) is 66.7 Å². The van der Waals surface area contributed by atoms with Crippen molar-refractivity contribution in [2.24, 2.45) is 0 Å². The number of aryl methyl sites for hydroxylation is 1. The fraction of sp³-hybridized carbons (Fsp3) is 0.105. The van der Waals surface area contributed by atoms with Crippen molar-refractivity contribution in [1.29, 1.82) is 0 Å². The van der Waals surface area contributed by atoms with E-state index in [-0.39, 0.29) is 0 Å². The largest absolute Gasteiger partial charge is 0.481 e. The van der Waals surface area contributed by atoms with Crippen LogP contribution < -0.4 is 4.74 Å². The summed E-state index contributed by atoms with van der Waals surface area (Å²) in [5, 5.41) is 0. The van der Waals surface area contributed by atoms with Gasteiger partial charge in [0.25, 0.3) is 0 Å². The van der Waals surface area contributed by atoms with Crippen LogP contribution in [0.4, 0.5) is 0 Å². The molecular weight excluding hydrogens is 258 g/mol. The molecule has 0 aliphatic rings. The number of rotatable bonds is 3. The zero-order chi connectivity index (χ0) is 14.7. The average molecular weight is 275 g/mol. The number of pyridine rings is 1. The summed E-state index contributed by atoms with van der Waals surface area (Å²) in [5.74, 6) is 0.633. The summed E-state index contributed by atoms with van der Waals surface area (Å²) in [4.78, 5) is 4.50. The Bertz CT molecular complexity index is 765. The number of nitrogens with zero attached hydrogens (tertiary/aromatic N) is 1. The first-order valence-electron chi connectivity index (χ1n) is 6.95. The lowest BCUT2D eigenvalue weighted by Gasteiger charge is -2.08. The van der Waals surface area contributed by atoms with E-state index >= 15 is 0 Å². The van der Waals surface area contributed by atoms with Crippen molar-refractivity contribution in [3.63, 3.8) is 0 Å². The van der Waals surface area contributed by atoms with Crippen molar-refractivity contribution in [3.05, 3.63) is 72.3 Å². The molecule has 0 saturated carbocycles. The SMILES string of the molecule is COc1cccc(-c2cccc(-c3ccccc3C)c2)n1. The molecule has 0 N–H and O–H groups in total. The third kappa shape index (κ3) is 2.79. The first kappa shape index (κ1) is 13.4. The van der Waals surface area contributed by atoms with Crippen LogP contribution in [0.1, 0.15) is 5.56 Å². The summed E-state index contributed by atoms with van der Waals surface area (Å²) in [5.41, 5.74) is 5.74. The molecule has 104 valence electrons. The van der Waals surface area contributed by atoms with Gasteiger partial charge in [-0.2, -0.15) is 0 Å². The van der Waals surface area contributed by atoms with Crippen LogP contribution >= 0.6 is 0 Å². The minimum Gasteiger partial charge on any atom is -0.481 e. The average Bonchev–Trinajstić information content (AvgIpc) is 2.55. The van der Waals surface area contributed by atoms with Gasteiger partial charge in [-0.05, 0) is 35.7 Å². The third-order valence-corrected chi connectivity index (χ3v) is 3.55. The van der Waals surface area contributed by atoms with Gasteiger partial charge in [0, 0.05) is 11.6 Å². The van der Waals surface area contributed by atoms with E-state index in [9.17, 15) is 0 Å². The molecule has 1 aromatic heterocycles. The lowest BCUT2D eigenvalue weighted by Crippen LogP contribution is -1.90. The van der Waals surface area contributed by atoms with Gasteiger partial charge in [0.1, 0.15) is 0 Å². The summed E-state index contributed by atoms with van der Waals surface area (Å²) in [7, 11) is 1.63. The highest BCUT2D eigenvalue weighted by Gasteiger charge is 2.05. The van der Waals surface area contributed by atoms with E-state index in [1.165, 1.54) is 16.7 Å². The summed E-state index contributed by atoms with van der Waals surface area (Å²) >= 11 is 0. The van der Waals surface area contributed by atoms with Crippen molar-refractivity contribution in [2.45, 2.75) is 6.92 Å². The molecule has 0 amide bonds. The van der Waals surface area contributed by atoms with E-state index in [1.807, 2.05) is 18.2 Å². The normalized spacial score (nSPS) is 10.4. The Kier molecular flexibility index (Phi) is 3.69. The zero-order valence-electron chi connectivity index (χ0n) is 12.2. The predicted octanol–water partition coefficient (Wildman–Crippen LogP) is 4.73. The van der Waals surface area contributed by atoms with Gasteiger partial charge in [0.05, 0.1) is 12.8 Å². The maximum absolute atomic E-state index is 5.20. The number of hydrogen-bond acceptors (Lipinski definition) is 2. The van der Waals surface area contributed by atoms with Gasteiger partial charge in [-0.3, -0.25) is 0 Å². The second-order valence-corrected chi connectivity index (χ2v) is 4.96. The van der Waals surface area contributed by atoms with E-state index < -0.39 is 0 Å². The van der Waals surface area contributed by atoms with Crippen molar-refractivity contribution < 1.29 is 4.74 Å². The highest BCUT2D eigenvalue weighted by atomic mass is 16.5. The van der Waals surface area contributed by atoms with Gasteiger partial charge in [0.2, 0.25) is 5.88 Å². The van der Waals surface area contributed by atoms with Crippen LogP contribution in [0.2, 0.25) is 0 Å². The van der Waals surface area contributed by atoms with E-state index in [0.717, 1.165) is 11.3 Å². The molecule has 0 aliphatic carbocycles. The van der Waals surface area contributed by atoms with Crippen molar-refractivity contribution in [2.75, 3.05) is 7.11 Å². The molecule has 0 spiro atoms. The predicted molar refractivity (Wildman–Crippen MR) is 86.4 cm³/mol. The van der Waals surface area contributed by atoms with Gasteiger partial charge in [0.15, 0.2) is 0 Å². The molecule has 3 aromatic rings. The maximum Gasteiger partial charge on any atom is 0.213 e. The molecule has 0 aliphatic heterocycles. The maximum atomic E-state index is 5.20. The molecule has 2 heteroatoms. The van der Waals surface area contributed by atoms with Crippen LogP contribution in [0.5, 0.6) is 5.88 Å². The molecule has 2 nitrogen and oxygen atoms in total. The highest BCUT2D eigenvalue weighted by molar-refractivity contribution is 5.73. The summed E-state index contributed by atoms with van der Waals surface area (Å²) in [6.07, 6.45) is 0. The Morgan fingerprint density at radius 2 is 1.57 bits per heavy atom. The zero-order valence-corrected chi connectivity index (χ0v) is 12.2. The van der Waals surface area contributed by atoms with E-state index in [4.69, 9.17) is 4.74 Å². The van der Waals surface area contributed by atoms with Crippen LogP contribution in [0.3, 0.4) is 0 Å². The third-order valence-electron chi connectivity index (χ3n) is 3.55. The second kappa shape index (κ2) is 5.80. The Morgan fingerprint density at radius 1 is 0.810 bits per heavy atom. The second-order valence-electron chi connectivity index (χ2n) is 4.96. The van der Waals surface area contributed by atoms with Gasteiger partial charge in [-0.1, -0.05) is 48.5 Å². The van der Waals surface area contributed by atoms with Gasteiger partial charge < -0.3 is 4.74 Å². The number of hydrogen-bond donors (Lipinski definition) is 0. The molecular formula is C19H17NO. The number of methoxy groups -OCH3 is 1. The highest BCUT2D eigenvalue weighted by Crippen LogP contribution is 2.28. The standard InChI is InChI=1S/C19H17NO/c1-14-7-3-4-10-17(14)15-8-5-9-16(13-15)18-11-6-12-19(20-18)21-2/h3-13H,1-2H3. The van der Waals surface area contributed by atoms with Gasteiger partial charge >= 0.3 is 0 Å². The molecule has 0 radical (unpaired) electrons. The first-order chi connectivity index (χ1) is 10.3. The smallest absolute Gasteiger partial charge is 0.213 e. The molecule has 3 rings (SSSR count). The fourth-order valence-corrected chi connectivity index (χ4v) is 2.43. The monoisotopic (exact) mass is 275 g/mol. The topological polar surface area (TPSA) is 22.1 Å². The lowest BCUT2D eigenvalue weighted by molar-refractivity contribution is 0.398. The minimum absolute atomic E-state index is 0.633. The number of ether oxygens (including phenoxy) is 1. The molecule has 0 atom stereocenters. The van der Waals surface area contributed by atoms with Crippen molar-refractivity contribution >= 4 is 0 Å². The van der Waals surface area contributed by atoms with Gasteiger partial charge in [-0.15, -0.1) is 0 Å². The van der Waals surface area contributed by atoms with Gasteiger partial charge in [-0.25, -0.2) is 4.98 Å². The summed E-state index contributed by atoms with van der Waals surface area (Å²) in [6.45, 7) is 2.13. The Balaban J connectivity index is 2.06. The molecule has 0 unspecified atom stereocenters. The van der Waals surface area contributed by atoms with Crippen molar-refractivity contribution in [3.8, 4) is 28.3 Å². The Hall–Kier alpha value is -2.61. The van der Waals surface area contributed by atoms with Crippen molar-refractivity contribution in [1.82, 2.24) is 4.98 Å². The molecule has 0 saturated heterocycles. The molecule has 0 fully saturated rings. The summed E-state index contributed by atoms with van der Waals surface area (Å²) < 4.78 is 5.20. The first-order valence-corrected chi connectivity index (χ1v) is 6.95. The molecule has 21 heavy (non-hydrogen) atoms. The quantitative estimate of drug-likeness (QED) is 0.689. The minimum atomic E-state index is 0.633. The Morgan fingerprint density at radius 3 is 2.38 bits per heavy atom. The van der Waals surface area contributed by atoms with E-state index in [1.54, 1.807) is 7.11 Å². The van der Waals surface area contributed by atoms with Crippen LogP contribution in [0.25, 0.3) is 22.4 Å². The number of aromatic nitrogens is 1. The molecule has 0 bridgehead atoms. The Labute approximate surface area is 125 Å².